The fourth-order valence-electron chi connectivity index (χ4n) is 9.05. The van der Waals surface area contributed by atoms with Gasteiger partial charge in [0.2, 0.25) is 0 Å². The number of aliphatic imine (C=N–C) groups is 1. The van der Waals surface area contributed by atoms with Crippen LogP contribution in [0.3, 0.4) is 0 Å². The molecule has 0 saturated heterocycles. The largest absolute Gasteiger partial charge is 0.271 e. The Labute approximate surface area is 202 Å². The van der Waals surface area contributed by atoms with Gasteiger partial charge in [-0.25, -0.2) is 0 Å². The van der Waals surface area contributed by atoms with Crippen molar-refractivity contribution in [2.24, 2.45) is 50.5 Å². The van der Waals surface area contributed by atoms with Crippen LogP contribution >= 0.6 is 11.8 Å². The Morgan fingerprint density at radius 3 is 2.53 bits per heavy atom. The number of fused-ring (bicyclic) bond motifs is 5. The zero-order valence-corrected chi connectivity index (χ0v) is 22.4. The minimum absolute atomic E-state index is 0.268. The molecular weight excluding hydrogens is 410 g/mol. The highest BCUT2D eigenvalue weighted by molar-refractivity contribution is 8.01. The zero-order valence-electron chi connectivity index (χ0n) is 21.6. The van der Waals surface area contributed by atoms with Crippen LogP contribution in [0.2, 0.25) is 0 Å². The average Bonchev–Trinajstić information content (AvgIpc) is 3.07. The Balaban J connectivity index is 1.42. The Morgan fingerprint density at radius 2 is 1.78 bits per heavy atom. The van der Waals surface area contributed by atoms with Gasteiger partial charge >= 0.3 is 0 Å². The van der Waals surface area contributed by atoms with E-state index in [1.165, 1.54) is 70.6 Å². The molecule has 4 aliphatic carbocycles. The molecule has 4 rings (SSSR count). The van der Waals surface area contributed by atoms with E-state index in [-0.39, 0.29) is 4.75 Å². The molecule has 0 radical (unpaired) electrons. The minimum atomic E-state index is 0.268. The molecule has 0 spiro atoms. The van der Waals surface area contributed by atoms with Gasteiger partial charge in [-0.05, 0) is 105 Å². The standard InChI is InChI=1S/C28H49N3S/c1-7-30-25(31-29-6)19-32-26(2,3)18-21-12-14-23-22-13-11-20-10-8-9-16-27(20,4)24(22)15-17-28(21,23)5/h20-24H,6-19H2,1-5H3,(H,30,31). The van der Waals surface area contributed by atoms with E-state index in [0.717, 1.165) is 47.7 Å². The normalized spacial score (nSPS) is 42.0. The minimum Gasteiger partial charge on any atom is -0.271 e. The van der Waals surface area contributed by atoms with Crippen molar-refractivity contribution in [3.63, 3.8) is 0 Å². The van der Waals surface area contributed by atoms with Crippen LogP contribution in [0.4, 0.5) is 0 Å². The highest BCUT2D eigenvalue weighted by Gasteiger charge is 2.59. The number of thioether (sulfide) groups is 1. The summed E-state index contributed by atoms with van der Waals surface area (Å²) in [6.45, 7) is 16.8. The lowest BCUT2D eigenvalue weighted by Gasteiger charge is -2.60. The fourth-order valence-corrected chi connectivity index (χ4v) is 10.1. The van der Waals surface area contributed by atoms with Crippen molar-refractivity contribution in [2.75, 3.05) is 12.3 Å². The Morgan fingerprint density at radius 1 is 1.00 bits per heavy atom. The molecule has 0 aliphatic heterocycles. The van der Waals surface area contributed by atoms with E-state index in [1.54, 1.807) is 0 Å². The summed E-state index contributed by atoms with van der Waals surface area (Å²) in [5.41, 5.74) is 4.23. The predicted octanol–water partition coefficient (Wildman–Crippen LogP) is 7.56. The van der Waals surface area contributed by atoms with Gasteiger partial charge in [-0.1, -0.05) is 40.5 Å². The fraction of sp³-hybridized carbons (Fsp3) is 0.929. The molecule has 0 amide bonds. The number of hydrogen-bond donors (Lipinski definition) is 1. The van der Waals surface area contributed by atoms with Crippen LogP contribution in [0.15, 0.2) is 10.1 Å². The van der Waals surface area contributed by atoms with E-state index in [9.17, 15) is 0 Å². The van der Waals surface area contributed by atoms with E-state index >= 15 is 0 Å². The molecule has 0 heterocycles. The van der Waals surface area contributed by atoms with Crippen molar-refractivity contribution >= 4 is 24.3 Å². The van der Waals surface area contributed by atoms with Crippen LogP contribution < -0.4 is 5.43 Å². The second-order valence-corrected chi connectivity index (χ2v) is 14.3. The maximum absolute atomic E-state index is 4.56. The highest BCUT2D eigenvalue weighted by Crippen LogP contribution is 2.68. The zero-order chi connectivity index (χ0) is 23.0. The quantitative estimate of drug-likeness (QED) is 0.242. The molecule has 7 atom stereocenters. The van der Waals surface area contributed by atoms with Crippen LogP contribution in [-0.2, 0) is 0 Å². The van der Waals surface area contributed by atoms with Crippen LogP contribution in [0.5, 0.6) is 0 Å². The number of hydrazone groups is 1. The Kier molecular flexibility index (Phi) is 7.40. The Hall–Kier alpha value is -0.510. The molecule has 0 bridgehead atoms. The van der Waals surface area contributed by atoms with E-state index in [2.05, 4.69) is 56.9 Å². The van der Waals surface area contributed by atoms with Crippen molar-refractivity contribution in [3.05, 3.63) is 0 Å². The monoisotopic (exact) mass is 459 g/mol. The van der Waals surface area contributed by atoms with Crippen LogP contribution in [0.25, 0.3) is 0 Å². The molecule has 3 nitrogen and oxygen atoms in total. The molecule has 0 aromatic carbocycles. The molecular formula is C28H49N3S. The van der Waals surface area contributed by atoms with Crippen molar-refractivity contribution in [1.82, 2.24) is 5.43 Å². The van der Waals surface area contributed by atoms with Gasteiger partial charge in [0.15, 0.2) is 0 Å². The summed E-state index contributed by atoms with van der Waals surface area (Å²) in [5.74, 6) is 6.80. The average molecular weight is 460 g/mol. The topological polar surface area (TPSA) is 36.8 Å². The third-order valence-electron chi connectivity index (χ3n) is 10.7. The summed E-state index contributed by atoms with van der Waals surface area (Å²) >= 11 is 2.05. The number of amidine groups is 1. The van der Waals surface area contributed by atoms with Gasteiger partial charge in [0.25, 0.3) is 0 Å². The van der Waals surface area contributed by atoms with Crippen LogP contribution in [0, 0.1) is 40.4 Å². The summed E-state index contributed by atoms with van der Waals surface area (Å²) in [6.07, 6.45) is 16.4. The lowest BCUT2D eigenvalue weighted by Crippen LogP contribution is -2.52. The third-order valence-corrected chi connectivity index (χ3v) is 12.0. The van der Waals surface area contributed by atoms with Gasteiger partial charge in [0.1, 0.15) is 5.84 Å². The molecule has 182 valence electrons. The van der Waals surface area contributed by atoms with E-state index in [1.807, 2.05) is 11.8 Å². The number of nitrogens with zero attached hydrogens (tertiary/aromatic N) is 2. The van der Waals surface area contributed by atoms with Crippen LogP contribution in [-0.4, -0.2) is 29.6 Å². The third kappa shape index (κ3) is 4.56. The van der Waals surface area contributed by atoms with Crippen molar-refractivity contribution in [1.29, 1.82) is 0 Å². The molecule has 0 aromatic rings. The van der Waals surface area contributed by atoms with Gasteiger partial charge < -0.3 is 0 Å². The molecule has 0 aromatic heterocycles. The first-order valence-electron chi connectivity index (χ1n) is 13.6. The number of nitrogens with one attached hydrogen (secondary N) is 1. The summed E-state index contributed by atoms with van der Waals surface area (Å²) in [5, 5.41) is 3.85. The van der Waals surface area contributed by atoms with Gasteiger partial charge in [-0.2, -0.15) is 5.10 Å². The maximum Gasteiger partial charge on any atom is 0.127 e. The lowest BCUT2D eigenvalue weighted by atomic mass is 9.45. The predicted molar refractivity (Wildman–Crippen MR) is 142 cm³/mol. The first-order valence-corrected chi connectivity index (χ1v) is 14.6. The summed E-state index contributed by atoms with van der Waals surface area (Å²) in [7, 11) is 0. The smallest absolute Gasteiger partial charge is 0.127 e. The van der Waals surface area contributed by atoms with E-state index in [0.29, 0.717) is 10.8 Å². The highest BCUT2D eigenvalue weighted by atomic mass is 32.2. The van der Waals surface area contributed by atoms with Gasteiger partial charge in [-0.15, -0.1) is 11.8 Å². The molecule has 7 unspecified atom stereocenters. The number of hydrogen-bond acceptors (Lipinski definition) is 3. The number of rotatable bonds is 7. The molecule has 4 heteroatoms. The second kappa shape index (κ2) is 9.62. The maximum atomic E-state index is 4.56. The van der Waals surface area contributed by atoms with Crippen molar-refractivity contribution in [2.45, 2.75) is 110 Å². The van der Waals surface area contributed by atoms with Crippen LogP contribution in [0.1, 0.15) is 105 Å². The van der Waals surface area contributed by atoms with Gasteiger partial charge in [0.05, 0.1) is 5.75 Å². The molecule has 4 saturated carbocycles. The second-order valence-electron chi connectivity index (χ2n) is 12.7. The SMILES string of the molecule is C=NNC(CSC(C)(C)CC1CCC2C3CCC4CCCCC4(C)C3CCC12C)=NCC. The van der Waals surface area contributed by atoms with Gasteiger partial charge in [0, 0.05) is 18.0 Å². The first-order chi connectivity index (χ1) is 15.2. The van der Waals surface area contributed by atoms with E-state index in [4.69, 9.17) is 0 Å². The van der Waals surface area contributed by atoms with Gasteiger partial charge in [-0.3, -0.25) is 10.4 Å². The lowest BCUT2D eigenvalue weighted by molar-refractivity contribution is -0.111. The Bertz CT molecular complexity index is 703. The summed E-state index contributed by atoms with van der Waals surface area (Å²) in [4.78, 5) is 4.56. The first kappa shape index (κ1) is 24.6. The molecule has 32 heavy (non-hydrogen) atoms. The summed E-state index contributed by atoms with van der Waals surface area (Å²) < 4.78 is 0.268. The summed E-state index contributed by atoms with van der Waals surface area (Å²) in [6, 6.07) is 0. The molecule has 1 N–H and O–H groups in total. The molecule has 4 fully saturated rings. The van der Waals surface area contributed by atoms with E-state index < -0.39 is 0 Å². The van der Waals surface area contributed by atoms with Crippen molar-refractivity contribution in [3.8, 4) is 0 Å². The van der Waals surface area contributed by atoms with Crippen molar-refractivity contribution < 1.29 is 0 Å². The molecule has 4 aliphatic rings.